The van der Waals surface area contributed by atoms with Gasteiger partial charge < -0.3 is 10.6 Å². The molecule has 2 N–H and O–H groups in total. The van der Waals surface area contributed by atoms with Crippen LogP contribution >= 0.6 is 0 Å². The van der Waals surface area contributed by atoms with Crippen LogP contribution < -0.4 is 15.5 Å². The number of hydrogen-bond donors (Lipinski definition) is 2. The first-order chi connectivity index (χ1) is 10.4. The van der Waals surface area contributed by atoms with Gasteiger partial charge in [0.05, 0.1) is 11.5 Å². The Kier molecular flexibility index (Phi) is 3.78. The molecular weight excluding hydrogens is 306 g/mol. The van der Waals surface area contributed by atoms with Crippen molar-refractivity contribution in [1.29, 1.82) is 0 Å². The Morgan fingerprint density at radius 1 is 1.27 bits per heavy atom. The molecule has 0 radical (unpaired) electrons. The number of nitrogens with zero attached hydrogens (tertiary/aromatic N) is 1. The van der Waals surface area contributed by atoms with E-state index in [1.807, 2.05) is 0 Å². The molecule has 0 spiro atoms. The molecule has 2 saturated heterocycles. The zero-order valence-electron chi connectivity index (χ0n) is 11.9. The minimum atomic E-state index is -3.01. The Labute approximate surface area is 128 Å². The first-order valence-corrected chi connectivity index (χ1v) is 8.93. The normalized spacial score (nSPS) is 23.4. The summed E-state index contributed by atoms with van der Waals surface area (Å²) in [4.78, 5) is 25.3. The molecule has 0 saturated carbocycles. The maximum absolute atomic E-state index is 12.1. The van der Waals surface area contributed by atoms with Crippen molar-refractivity contribution in [3.05, 3.63) is 29.8 Å². The van der Waals surface area contributed by atoms with E-state index in [9.17, 15) is 18.0 Å². The lowest BCUT2D eigenvalue weighted by Gasteiger charge is -2.15. The number of hydrogen-bond acceptors (Lipinski definition) is 4. The van der Waals surface area contributed by atoms with Crippen LogP contribution in [0.1, 0.15) is 16.8 Å². The highest BCUT2D eigenvalue weighted by Gasteiger charge is 2.29. The lowest BCUT2D eigenvalue weighted by molar-refractivity contribution is 0.0941. The van der Waals surface area contributed by atoms with E-state index in [1.54, 1.807) is 29.2 Å². The number of amides is 3. The first-order valence-electron chi connectivity index (χ1n) is 7.11. The molecule has 0 unspecified atom stereocenters. The van der Waals surface area contributed by atoms with Crippen LogP contribution in [-0.2, 0) is 9.84 Å². The van der Waals surface area contributed by atoms with Gasteiger partial charge in [0.2, 0.25) is 0 Å². The number of rotatable bonds is 3. The lowest BCUT2D eigenvalue weighted by Crippen LogP contribution is -2.35. The minimum absolute atomic E-state index is 0.00473. The molecule has 1 atom stereocenters. The van der Waals surface area contributed by atoms with Gasteiger partial charge in [-0.3, -0.25) is 9.69 Å². The molecule has 22 heavy (non-hydrogen) atoms. The predicted molar refractivity (Wildman–Crippen MR) is 81.7 cm³/mol. The summed E-state index contributed by atoms with van der Waals surface area (Å²) in [6, 6.07) is 6.24. The second kappa shape index (κ2) is 5.60. The van der Waals surface area contributed by atoms with E-state index in [1.165, 1.54) is 0 Å². The largest absolute Gasteiger partial charge is 0.348 e. The van der Waals surface area contributed by atoms with Crippen LogP contribution in [-0.4, -0.2) is 51.0 Å². The molecular formula is C14H17N3O4S. The Balaban J connectivity index is 1.65. The van der Waals surface area contributed by atoms with Crippen LogP contribution in [0.15, 0.2) is 24.3 Å². The number of benzene rings is 1. The van der Waals surface area contributed by atoms with Gasteiger partial charge in [-0.1, -0.05) is 0 Å². The summed E-state index contributed by atoms with van der Waals surface area (Å²) < 4.78 is 22.8. The highest BCUT2D eigenvalue weighted by Crippen LogP contribution is 2.18. The van der Waals surface area contributed by atoms with Gasteiger partial charge in [-0.15, -0.1) is 0 Å². The topological polar surface area (TPSA) is 95.6 Å². The van der Waals surface area contributed by atoms with Crippen molar-refractivity contribution in [2.45, 2.75) is 12.5 Å². The molecule has 2 heterocycles. The van der Waals surface area contributed by atoms with Crippen LogP contribution in [0.3, 0.4) is 0 Å². The molecule has 1 aromatic carbocycles. The number of carbonyl (C=O) groups is 2. The average molecular weight is 323 g/mol. The van der Waals surface area contributed by atoms with Crippen molar-refractivity contribution < 1.29 is 18.0 Å². The van der Waals surface area contributed by atoms with Gasteiger partial charge in [0, 0.05) is 30.4 Å². The lowest BCUT2D eigenvalue weighted by atomic mass is 10.1. The molecule has 0 aromatic heterocycles. The third-order valence-corrected chi connectivity index (χ3v) is 5.63. The van der Waals surface area contributed by atoms with Crippen molar-refractivity contribution in [3.63, 3.8) is 0 Å². The summed E-state index contributed by atoms with van der Waals surface area (Å²) in [7, 11) is -3.01. The fourth-order valence-corrected chi connectivity index (χ4v) is 4.36. The van der Waals surface area contributed by atoms with E-state index in [4.69, 9.17) is 0 Å². The van der Waals surface area contributed by atoms with Crippen molar-refractivity contribution >= 4 is 27.5 Å². The molecule has 0 bridgehead atoms. The van der Waals surface area contributed by atoms with Crippen LogP contribution in [0.2, 0.25) is 0 Å². The van der Waals surface area contributed by atoms with E-state index >= 15 is 0 Å². The number of nitrogens with one attached hydrogen (secondary N) is 2. The molecule has 3 rings (SSSR count). The van der Waals surface area contributed by atoms with Crippen LogP contribution in [0.4, 0.5) is 10.5 Å². The molecule has 8 heteroatoms. The van der Waals surface area contributed by atoms with Crippen LogP contribution in [0.25, 0.3) is 0 Å². The Bertz CT molecular complexity index is 699. The van der Waals surface area contributed by atoms with Gasteiger partial charge in [0.1, 0.15) is 0 Å². The van der Waals surface area contributed by atoms with Crippen molar-refractivity contribution in [2.24, 2.45) is 0 Å². The summed E-state index contributed by atoms with van der Waals surface area (Å²) in [5.74, 6) is -0.161. The highest BCUT2D eigenvalue weighted by molar-refractivity contribution is 7.91. The zero-order valence-corrected chi connectivity index (χ0v) is 12.7. The van der Waals surface area contributed by atoms with E-state index in [2.05, 4.69) is 10.6 Å². The van der Waals surface area contributed by atoms with Crippen molar-refractivity contribution in [1.82, 2.24) is 10.6 Å². The SMILES string of the molecule is O=C(N[C@@H]1CCS(=O)(=O)C1)c1ccc(N2CCNC2=O)cc1. The Hall–Kier alpha value is -2.09. The van der Waals surface area contributed by atoms with Crippen LogP contribution in [0, 0.1) is 0 Å². The Morgan fingerprint density at radius 2 is 2.00 bits per heavy atom. The summed E-state index contributed by atoms with van der Waals surface area (Å²) in [5, 5.41) is 5.45. The van der Waals surface area contributed by atoms with E-state index in [0.717, 1.165) is 5.69 Å². The fourth-order valence-electron chi connectivity index (χ4n) is 2.69. The molecule has 2 fully saturated rings. The molecule has 2 aliphatic rings. The van der Waals surface area contributed by atoms with Crippen LogP contribution in [0.5, 0.6) is 0 Å². The second-order valence-electron chi connectivity index (χ2n) is 5.50. The van der Waals surface area contributed by atoms with Crippen molar-refractivity contribution in [2.75, 3.05) is 29.5 Å². The van der Waals surface area contributed by atoms with Gasteiger partial charge in [0.15, 0.2) is 9.84 Å². The third-order valence-electron chi connectivity index (χ3n) is 3.87. The smallest absolute Gasteiger partial charge is 0.321 e. The van der Waals surface area contributed by atoms with Gasteiger partial charge in [-0.2, -0.15) is 0 Å². The monoisotopic (exact) mass is 323 g/mol. The van der Waals surface area contributed by atoms with E-state index < -0.39 is 9.84 Å². The standard InChI is InChI=1S/C14H17N3O4S/c18-13(16-11-5-8-22(20,21)9-11)10-1-3-12(4-2-10)17-7-6-15-14(17)19/h1-4,11H,5-9H2,(H,15,19)(H,16,18)/t11-/m1/s1. The molecule has 2 aliphatic heterocycles. The second-order valence-corrected chi connectivity index (χ2v) is 7.73. The maximum Gasteiger partial charge on any atom is 0.321 e. The number of sulfone groups is 1. The summed E-state index contributed by atoms with van der Waals surface area (Å²) in [5.41, 5.74) is 1.18. The number of anilines is 1. The van der Waals surface area contributed by atoms with E-state index in [0.29, 0.717) is 25.1 Å². The van der Waals surface area contributed by atoms with Gasteiger partial charge in [-0.25, -0.2) is 13.2 Å². The molecule has 3 amide bonds. The molecule has 1 aromatic rings. The summed E-state index contributed by atoms with van der Waals surface area (Å²) in [6.07, 6.45) is 0.458. The molecule has 7 nitrogen and oxygen atoms in total. The predicted octanol–water partition coefficient (Wildman–Crippen LogP) is 0.133. The first kappa shape index (κ1) is 14.8. The molecule has 0 aliphatic carbocycles. The van der Waals surface area contributed by atoms with Gasteiger partial charge in [0.25, 0.3) is 5.91 Å². The van der Waals surface area contributed by atoms with Gasteiger partial charge >= 0.3 is 6.03 Å². The fraction of sp³-hybridized carbons (Fsp3) is 0.429. The minimum Gasteiger partial charge on any atom is -0.348 e. The van der Waals surface area contributed by atoms with Crippen molar-refractivity contribution in [3.8, 4) is 0 Å². The molecule has 118 valence electrons. The maximum atomic E-state index is 12.1. The van der Waals surface area contributed by atoms with Gasteiger partial charge in [-0.05, 0) is 30.7 Å². The highest BCUT2D eigenvalue weighted by atomic mass is 32.2. The number of carbonyl (C=O) groups excluding carboxylic acids is 2. The summed E-state index contributed by atoms with van der Waals surface area (Å²) >= 11 is 0. The quantitative estimate of drug-likeness (QED) is 0.827. The number of urea groups is 1. The van der Waals surface area contributed by atoms with E-state index in [-0.39, 0.29) is 29.5 Å². The zero-order chi connectivity index (χ0) is 15.7. The Morgan fingerprint density at radius 3 is 2.55 bits per heavy atom. The average Bonchev–Trinajstić information content (AvgIpc) is 3.04. The summed E-state index contributed by atoms with van der Waals surface area (Å²) in [6.45, 7) is 1.21. The third kappa shape index (κ3) is 3.06.